The first-order chi connectivity index (χ1) is 10.3. The van der Waals surface area contributed by atoms with Crippen LogP contribution in [-0.4, -0.2) is 39.8 Å². The number of hydrogen-bond acceptors (Lipinski definition) is 4. The maximum atomic E-state index is 12.1. The van der Waals surface area contributed by atoms with Crippen LogP contribution in [0.2, 0.25) is 5.02 Å². The fourth-order valence-corrected chi connectivity index (χ4v) is 3.25. The summed E-state index contributed by atoms with van der Waals surface area (Å²) in [5, 5.41) is 3.16. The normalized spacial score (nSPS) is 17.6. The van der Waals surface area contributed by atoms with Gasteiger partial charge in [-0.3, -0.25) is 9.10 Å². The van der Waals surface area contributed by atoms with Crippen LogP contribution in [0.1, 0.15) is 19.8 Å². The summed E-state index contributed by atoms with van der Waals surface area (Å²) in [5.41, 5.74) is 0.354. The Hall–Kier alpha value is -1.47. The van der Waals surface area contributed by atoms with Crippen LogP contribution in [0.25, 0.3) is 0 Å². The van der Waals surface area contributed by atoms with Gasteiger partial charge in [0.25, 0.3) is 5.91 Å². The monoisotopic (exact) mass is 346 g/mol. The molecule has 0 saturated heterocycles. The lowest BCUT2D eigenvalue weighted by Gasteiger charge is -2.34. The van der Waals surface area contributed by atoms with Gasteiger partial charge in [0.05, 0.1) is 18.5 Å². The van der Waals surface area contributed by atoms with Crippen molar-refractivity contribution in [1.29, 1.82) is 0 Å². The van der Waals surface area contributed by atoms with Gasteiger partial charge in [0.1, 0.15) is 5.75 Å². The lowest BCUT2D eigenvalue weighted by Crippen LogP contribution is -2.50. The van der Waals surface area contributed by atoms with Crippen molar-refractivity contribution < 1.29 is 17.9 Å². The van der Waals surface area contributed by atoms with Crippen LogP contribution in [0.3, 0.4) is 0 Å². The minimum Gasteiger partial charge on any atom is -0.476 e. The molecule has 1 aromatic carbocycles. The fourth-order valence-electron chi connectivity index (χ4n) is 2.18. The molecule has 0 radical (unpaired) electrons. The highest BCUT2D eigenvalue weighted by Crippen LogP contribution is 2.36. The first kappa shape index (κ1) is 16.9. The van der Waals surface area contributed by atoms with E-state index in [-0.39, 0.29) is 12.5 Å². The summed E-state index contributed by atoms with van der Waals surface area (Å²) in [6, 6.07) is 4.68. The maximum absolute atomic E-state index is 12.1. The Bertz CT molecular complexity index is 663. The van der Waals surface area contributed by atoms with Gasteiger partial charge in [0.15, 0.2) is 6.10 Å². The predicted octanol–water partition coefficient (Wildman–Crippen LogP) is 1.78. The van der Waals surface area contributed by atoms with Gasteiger partial charge in [0, 0.05) is 11.6 Å². The largest absolute Gasteiger partial charge is 0.476 e. The van der Waals surface area contributed by atoms with Gasteiger partial charge in [-0.1, -0.05) is 24.9 Å². The Balaban J connectivity index is 2.25. The molecule has 122 valence electrons. The third-order valence-electron chi connectivity index (χ3n) is 3.31. The van der Waals surface area contributed by atoms with E-state index in [1.807, 2.05) is 6.92 Å². The predicted molar refractivity (Wildman–Crippen MR) is 86.0 cm³/mol. The average molecular weight is 347 g/mol. The number of benzene rings is 1. The number of carbonyl (C=O) groups excluding carboxylic acids is 1. The zero-order valence-corrected chi connectivity index (χ0v) is 14.1. The summed E-state index contributed by atoms with van der Waals surface area (Å²) in [6.07, 6.45) is 2.04. The number of unbranched alkanes of at least 4 members (excludes halogenated alkanes) is 1. The lowest BCUT2D eigenvalue weighted by molar-refractivity contribution is -0.127. The topological polar surface area (TPSA) is 75.7 Å². The van der Waals surface area contributed by atoms with Gasteiger partial charge in [0.2, 0.25) is 10.0 Å². The molecule has 22 heavy (non-hydrogen) atoms. The standard InChI is InChI=1S/C14H19ClN2O4S/c1-3-4-7-16-14(18)13-9-17(22(2,19)20)11-8-10(15)5-6-12(11)21-13/h5-6,8,13H,3-4,7,9H2,1-2H3,(H,16,18)/t13-/m1/s1. The van der Waals surface area contributed by atoms with Crippen molar-refractivity contribution in [1.82, 2.24) is 5.32 Å². The summed E-state index contributed by atoms with van der Waals surface area (Å²) in [7, 11) is -3.53. The fraction of sp³-hybridized carbons (Fsp3) is 0.500. The van der Waals surface area contributed by atoms with Crippen LogP contribution in [-0.2, 0) is 14.8 Å². The zero-order valence-electron chi connectivity index (χ0n) is 12.5. The number of ether oxygens (including phenoxy) is 1. The summed E-state index contributed by atoms with van der Waals surface area (Å²) >= 11 is 5.92. The van der Waals surface area contributed by atoms with E-state index in [0.29, 0.717) is 23.0 Å². The van der Waals surface area contributed by atoms with Crippen LogP contribution >= 0.6 is 11.6 Å². The smallest absolute Gasteiger partial charge is 0.263 e. The van der Waals surface area contributed by atoms with E-state index in [2.05, 4.69) is 5.32 Å². The number of hydrogen-bond donors (Lipinski definition) is 1. The molecule has 0 spiro atoms. The van der Waals surface area contributed by atoms with Gasteiger partial charge in [-0.15, -0.1) is 0 Å². The number of nitrogens with one attached hydrogen (secondary N) is 1. The van der Waals surface area contributed by atoms with E-state index in [1.54, 1.807) is 12.1 Å². The van der Waals surface area contributed by atoms with Crippen LogP contribution in [0.5, 0.6) is 5.75 Å². The molecule has 0 unspecified atom stereocenters. The number of sulfonamides is 1. The van der Waals surface area contributed by atoms with E-state index in [0.717, 1.165) is 23.4 Å². The van der Waals surface area contributed by atoms with Gasteiger partial charge >= 0.3 is 0 Å². The second-order valence-corrected chi connectivity index (χ2v) is 7.50. The van der Waals surface area contributed by atoms with Gasteiger partial charge in [-0.25, -0.2) is 8.42 Å². The van der Waals surface area contributed by atoms with E-state index >= 15 is 0 Å². The van der Waals surface area contributed by atoms with Crippen molar-refractivity contribution >= 4 is 33.2 Å². The summed E-state index contributed by atoms with van der Waals surface area (Å²) < 4.78 is 30.8. The van der Waals surface area contributed by atoms with Crippen molar-refractivity contribution in [3.8, 4) is 5.75 Å². The molecular weight excluding hydrogens is 328 g/mol. The minimum atomic E-state index is -3.53. The quantitative estimate of drug-likeness (QED) is 0.825. The molecule has 6 nitrogen and oxygen atoms in total. The molecule has 2 rings (SSSR count). The van der Waals surface area contributed by atoms with Crippen molar-refractivity contribution in [2.24, 2.45) is 0 Å². The molecule has 1 heterocycles. The van der Waals surface area contributed by atoms with Gasteiger partial charge in [-0.2, -0.15) is 0 Å². The lowest BCUT2D eigenvalue weighted by atomic mass is 10.2. The Morgan fingerprint density at radius 2 is 2.23 bits per heavy atom. The minimum absolute atomic E-state index is 0.0653. The third-order valence-corrected chi connectivity index (χ3v) is 4.69. The van der Waals surface area contributed by atoms with Crippen molar-refractivity contribution in [2.45, 2.75) is 25.9 Å². The SMILES string of the molecule is CCCCNC(=O)[C@H]1CN(S(C)(=O)=O)c2cc(Cl)ccc2O1. The molecule has 8 heteroatoms. The molecule has 1 atom stereocenters. The molecule has 0 fully saturated rings. The second kappa shape index (κ2) is 6.75. The number of fused-ring (bicyclic) bond motifs is 1. The van der Waals surface area contributed by atoms with Gasteiger partial charge in [-0.05, 0) is 24.6 Å². The summed E-state index contributed by atoms with van der Waals surface area (Å²) in [4.78, 5) is 12.1. The Kier molecular flexibility index (Phi) is 5.18. The average Bonchev–Trinajstić information content (AvgIpc) is 2.45. The number of anilines is 1. The molecule has 0 aromatic heterocycles. The molecule has 1 N–H and O–H groups in total. The van der Waals surface area contributed by atoms with E-state index < -0.39 is 16.1 Å². The van der Waals surface area contributed by atoms with Crippen molar-refractivity contribution in [3.63, 3.8) is 0 Å². The number of carbonyl (C=O) groups is 1. The molecule has 1 aliphatic rings. The number of rotatable bonds is 5. The van der Waals surface area contributed by atoms with Crippen LogP contribution in [0, 0.1) is 0 Å². The highest BCUT2D eigenvalue weighted by atomic mass is 35.5. The van der Waals surface area contributed by atoms with E-state index in [4.69, 9.17) is 16.3 Å². The van der Waals surface area contributed by atoms with Crippen LogP contribution in [0.4, 0.5) is 5.69 Å². The second-order valence-electron chi connectivity index (χ2n) is 5.16. The number of nitrogens with zero attached hydrogens (tertiary/aromatic N) is 1. The van der Waals surface area contributed by atoms with Gasteiger partial charge < -0.3 is 10.1 Å². The maximum Gasteiger partial charge on any atom is 0.263 e. The Labute approximate surface area is 135 Å². The molecule has 1 aliphatic heterocycles. The highest BCUT2D eigenvalue weighted by Gasteiger charge is 2.34. The summed E-state index contributed by atoms with van der Waals surface area (Å²) in [5.74, 6) is 0.0133. The first-order valence-corrected chi connectivity index (χ1v) is 9.27. The first-order valence-electron chi connectivity index (χ1n) is 7.04. The molecule has 0 saturated carbocycles. The van der Waals surface area contributed by atoms with Crippen LogP contribution in [0.15, 0.2) is 18.2 Å². The molecule has 0 bridgehead atoms. The van der Waals surface area contributed by atoms with E-state index in [9.17, 15) is 13.2 Å². The van der Waals surface area contributed by atoms with Crippen molar-refractivity contribution in [2.75, 3.05) is 23.7 Å². The molecule has 1 aromatic rings. The molecule has 0 aliphatic carbocycles. The Morgan fingerprint density at radius 1 is 1.50 bits per heavy atom. The highest BCUT2D eigenvalue weighted by molar-refractivity contribution is 7.92. The number of amides is 1. The number of halogens is 1. The van der Waals surface area contributed by atoms with E-state index in [1.165, 1.54) is 6.07 Å². The van der Waals surface area contributed by atoms with Crippen LogP contribution < -0.4 is 14.4 Å². The zero-order chi connectivity index (χ0) is 16.3. The molecular formula is C14H19ClN2O4S. The molecule has 1 amide bonds. The Morgan fingerprint density at radius 3 is 2.86 bits per heavy atom. The van der Waals surface area contributed by atoms with Crippen molar-refractivity contribution in [3.05, 3.63) is 23.2 Å². The summed E-state index contributed by atoms with van der Waals surface area (Å²) in [6.45, 7) is 2.50. The third kappa shape index (κ3) is 3.84.